The van der Waals surface area contributed by atoms with Crippen LogP contribution in [0.1, 0.15) is 38.8 Å². The maximum Gasteiger partial charge on any atom is 0.319 e. The number of aryl methyl sites for hydroxylation is 2. The first-order chi connectivity index (χ1) is 16.5. The fourth-order valence-electron chi connectivity index (χ4n) is 3.04. The molecule has 3 aromatic heterocycles. The van der Waals surface area contributed by atoms with Gasteiger partial charge < -0.3 is 14.6 Å². The second-order valence-electron chi connectivity index (χ2n) is 7.51. The third kappa shape index (κ3) is 6.59. The molecule has 0 atom stereocenters. The van der Waals surface area contributed by atoms with Gasteiger partial charge >= 0.3 is 6.01 Å². The summed E-state index contributed by atoms with van der Waals surface area (Å²) in [4.78, 5) is 30.5. The summed E-state index contributed by atoms with van der Waals surface area (Å²) in [7, 11) is 0. The molecule has 0 bridgehead atoms. The molecule has 34 heavy (non-hydrogen) atoms. The smallest absolute Gasteiger partial charge is 0.319 e. The maximum absolute atomic E-state index is 12.3. The molecule has 4 aromatic rings. The van der Waals surface area contributed by atoms with Gasteiger partial charge in [-0.15, -0.1) is 0 Å². The minimum Gasteiger partial charge on any atom is -0.455 e. The normalized spacial score (nSPS) is 10.6. The molecular formula is C24H24N6O4. The van der Waals surface area contributed by atoms with Gasteiger partial charge in [0.25, 0.3) is 5.91 Å². The van der Waals surface area contributed by atoms with E-state index in [1.54, 1.807) is 12.3 Å². The van der Waals surface area contributed by atoms with Crippen LogP contribution in [-0.2, 0) is 24.6 Å². The van der Waals surface area contributed by atoms with Gasteiger partial charge in [0.2, 0.25) is 0 Å². The maximum atomic E-state index is 12.3. The number of pyridine rings is 1. The summed E-state index contributed by atoms with van der Waals surface area (Å²) in [5.74, 6) is 0.477. The number of carbonyl (C=O) groups is 1. The first kappa shape index (κ1) is 22.9. The van der Waals surface area contributed by atoms with Gasteiger partial charge in [0.05, 0.1) is 6.61 Å². The zero-order valence-electron chi connectivity index (χ0n) is 18.8. The summed E-state index contributed by atoms with van der Waals surface area (Å²) in [5, 5.41) is 6.61. The Bertz CT molecular complexity index is 1250. The van der Waals surface area contributed by atoms with E-state index in [1.165, 1.54) is 6.07 Å². The lowest BCUT2D eigenvalue weighted by Crippen LogP contribution is -2.23. The zero-order valence-corrected chi connectivity index (χ0v) is 18.8. The number of amides is 1. The molecule has 10 heteroatoms. The van der Waals surface area contributed by atoms with Gasteiger partial charge in [0, 0.05) is 36.3 Å². The largest absolute Gasteiger partial charge is 0.455 e. The molecule has 0 radical (unpaired) electrons. The third-order valence-electron chi connectivity index (χ3n) is 4.64. The lowest BCUT2D eigenvalue weighted by Gasteiger charge is -2.09. The van der Waals surface area contributed by atoms with Gasteiger partial charge in [0.15, 0.2) is 23.9 Å². The van der Waals surface area contributed by atoms with E-state index in [1.807, 2.05) is 56.3 Å². The second-order valence-corrected chi connectivity index (χ2v) is 7.51. The van der Waals surface area contributed by atoms with Crippen molar-refractivity contribution in [3.05, 3.63) is 94.8 Å². The predicted octanol–water partition coefficient (Wildman–Crippen LogP) is 3.53. The van der Waals surface area contributed by atoms with Crippen LogP contribution in [0.4, 0.5) is 5.82 Å². The number of rotatable bonds is 10. The zero-order chi connectivity index (χ0) is 23.8. The molecule has 3 heterocycles. The molecular weight excluding hydrogens is 436 g/mol. The Kier molecular flexibility index (Phi) is 7.41. The predicted molar refractivity (Wildman–Crippen MR) is 123 cm³/mol. The van der Waals surface area contributed by atoms with Crippen LogP contribution in [0.5, 0.6) is 6.01 Å². The summed E-state index contributed by atoms with van der Waals surface area (Å²) >= 11 is 0. The summed E-state index contributed by atoms with van der Waals surface area (Å²) in [5.41, 5.74) is 6.51. The number of ether oxygens (including phenoxy) is 1. The van der Waals surface area contributed by atoms with Crippen molar-refractivity contribution in [3.8, 4) is 6.01 Å². The quantitative estimate of drug-likeness (QED) is 0.342. The molecule has 0 aliphatic rings. The summed E-state index contributed by atoms with van der Waals surface area (Å²) in [6, 6.07) is 16.9. The number of benzene rings is 1. The minimum atomic E-state index is -0.349. The number of hydrogen-bond acceptors (Lipinski definition) is 9. The summed E-state index contributed by atoms with van der Waals surface area (Å²) in [6.45, 7) is 4.46. The number of hydrogen-bond donors (Lipinski definition) is 2. The standard InChI is InChI=1S/C24H24N6O4/c1-16-10-19(8-9-25-16)13-26-23(31)21-12-20(34-29-21)15-32-24-27-17(2)11-22(28-24)30-33-14-18-6-4-3-5-7-18/h3-12H,13-15H2,1-2H3,(H,26,31)(H,27,28,30). The molecule has 0 unspecified atom stereocenters. The van der Waals surface area contributed by atoms with Gasteiger partial charge in [-0.05, 0) is 37.1 Å². The average molecular weight is 460 g/mol. The van der Waals surface area contributed by atoms with E-state index in [0.29, 0.717) is 30.4 Å². The molecule has 0 fully saturated rings. The van der Waals surface area contributed by atoms with E-state index < -0.39 is 0 Å². The highest BCUT2D eigenvalue weighted by Crippen LogP contribution is 2.14. The van der Waals surface area contributed by atoms with Gasteiger partial charge in [-0.3, -0.25) is 14.6 Å². The number of nitrogens with zero attached hydrogens (tertiary/aromatic N) is 4. The van der Waals surface area contributed by atoms with E-state index in [2.05, 4.69) is 30.9 Å². The van der Waals surface area contributed by atoms with Gasteiger partial charge in [-0.1, -0.05) is 35.5 Å². The van der Waals surface area contributed by atoms with Crippen molar-refractivity contribution in [2.24, 2.45) is 0 Å². The van der Waals surface area contributed by atoms with E-state index in [4.69, 9.17) is 14.1 Å². The molecule has 0 aliphatic carbocycles. The fourth-order valence-corrected chi connectivity index (χ4v) is 3.04. The van der Waals surface area contributed by atoms with Crippen molar-refractivity contribution >= 4 is 11.7 Å². The molecule has 0 spiro atoms. The Morgan fingerprint density at radius 2 is 1.82 bits per heavy atom. The first-order valence-corrected chi connectivity index (χ1v) is 10.6. The van der Waals surface area contributed by atoms with Gasteiger partial charge in [-0.25, -0.2) is 10.5 Å². The van der Waals surface area contributed by atoms with E-state index in [0.717, 1.165) is 16.8 Å². The van der Waals surface area contributed by atoms with E-state index in [-0.39, 0.29) is 24.2 Å². The van der Waals surface area contributed by atoms with Crippen LogP contribution >= 0.6 is 0 Å². The van der Waals surface area contributed by atoms with Crippen LogP contribution in [0.2, 0.25) is 0 Å². The number of nitrogens with one attached hydrogen (secondary N) is 2. The SMILES string of the molecule is Cc1cc(CNC(=O)c2cc(COc3nc(C)cc(NOCc4ccccc4)n3)on2)ccn1. The Labute approximate surface area is 196 Å². The second kappa shape index (κ2) is 11.0. The minimum absolute atomic E-state index is 0.0115. The van der Waals surface area contributed by atoms with E-state index in [9.17, 15) is 4.79 Å². The lowest BCUT2D eigenvalue weighted by atomic mass is 10.2. The average Bonchev–Trinajstić information content (AvgIpc) is 3.31. The highest BCUT2D eigenvalue weighted by molar-refractivity contribution is 5.92. The van der Waals surface area contributed by atoms with Crippen LogP contribution in [0, 0.1) is 13.8 Å². The Balaban J connectivity index is 1.28. The van der Waals surface area contributed by atoms with Crippen molar-refractivity contribution in [3.63, 3.8) is 0 Å². The fraction of sp³-hybridized carbons (Fsp3) is 0.208. The molecule has 174 valence electrons. The van der Waals surface area contributed by atoms with E-state index >= 15 is 0 Å². The molecule has 0 aliphatic heterocycles. The van der Waals surface area contributed by atoms with Crippen molar-refractivity contribution in [1.29, 1.82) is 0 Å². The topological polar surface area (TPSA) is 124 Å². The van der Waals surface area contributed by atoms with Gasteiger partial charge in [-0.2, -0.15) is 4.98 Å². The lowest BCUT2D eigenvalue weighted by molar-refractivity contribution is 0.0941. The first-order valence-electron chi connectivity index (χ1n) is 10.6. The Morgan fingerprint density at radius 3 is 2.65 bits per heavy atom. The summed E-state index contributed by atoms with van der Waals surface area (Å²) < 4.78 is 10.8. The van der Waals surface area contributed by atoms with Crippen LogP contribution in [0.3, 0.4) is 0 Å². The molecule has 4 rings (SSSR count). The number of carbonyl (C=O) groups excluding carboxylic acids is 1. The van der Waals surface area contributed by atoms with Crippen LogP contribution in [0.15, 0.2) is 65.3 Å². The summed E-state index contributed by atoms with van der Waals surface area (Å²) in [6.07, 6.45) is 1.70. The molecule has 0 saturated carbocycles. The molecule has 0 saturated heterocycles. The molecule has 1 aromatic carbocycles. The van der Waals surface area contributed by atoms with Crippen molar-refractivity contribution in [2.75, 3.05) is 5.48 Å². The molecule has 2 N–H and O–H groups in total. The van der Waals surface area contributed by atoms with Crippen molar-refractivity contribution in [1.82, 2.24) is 25.4 Å². The molecule has 1 amide bonds. The van der Waals surface area contributed by atoms with Crippen molar-refractivity contribution in [2.45, 2.75) is 33.6 Å². The number of anilines is 1. The van der Waals surface area contributed by atoms with Crippen LogP contribution < -0.4 is 15.5 Å². The number of aromatic nitrogens is 4. The Hall–Kier alpha value is -4.31. The Morgan fingerprint density at radius 1 is 0.971 bits per heavy atom. The molecule has 10 nitrogen and oxygen atoms in total. The highest BCUT2D eigenvalue weighted by Gasteiger charge is 2.14. The van der Waals surface area contributed by atoms with Crippen LogP contribution in [0.25, 0.3) is 0 Å². The van der Waals surface area contributed by atoms with Gasteiger partial charge in [0.1, 0.15) is 0 Å². The van der Waals surface area contributed by atoms with Crippen LogP contribution in [-0.4, -0.2) is 26.0 Å². The van der Waals surface area contributed by atoms with Crippen molar-refractivity contribution < 1.29 is 18.9 Å². The third-order valence-corrected chi connectivity index (χ3v) is 4.64. The highest BCUT2D eigenvalue weighted by atomic mass is 16.6. The monoisotopic (exact) mass is 460 g/mol.